The van der Waals surface area contributed by atoms with Crippen LogP contribution in [0.15, 0.2) is 24.3 Å². The number of rotatable bonds is 5. The molecular weight excluding hydrogens is 238 g/mol. The van der Waals surface area contributed by atoms with E-state index in [1.54, 1.807) is 7.11 Å². The van der Waals surface area contributed by atoms with Gasteiger partial charge in [0.25, 0.3) is 0 Å². The highest BCUT2D eigenvalue weighted by Gasteiger charge is 2.44. The Balaban J connectivity index is 1.60. The fourth-order valence-corrected chi connectivity index (χ4v) is 2.73. The topological polar surface area (TPSA) is 38.3 Å². The lowest BCUT2D eigenvalue weighted by Gasteiger charge is -2.25. The Morgan fingerprint density at radius 2 is 2.00 bits per heavy atom. The van der Waals surface area contributed by atoms with E-state index in [1.807, 2.05) is 12.1 Å². The highest BCUT2D eigenvalue weighted by molar-refractivity contribution is 5.79. The van der Waals surface area contributed by atoms with Gasteiger partial charge in [0.15, 0.2) is 0 Å². The Labute approximate surface area is 114 Å². The summed E-state index contributed by atoms with van der Waals surface area (Å²) in [4.78, 5) is 11.9. The molecule has 0 atom stereocenters. The highest BCUT2D eigenvalue weighted by Crippen LogP contribution is 2.48. The summed E-state index contributed by atoms with van der Waals surface area (Å²) in [5.41, 5.74) is 1.51. The van der Waals surface area contributed by atoms with E-state index < -0.39 is 0 Å². The molecule has 0 radical (unpaired) electrons. The smallest absolute Gasteiger partial charge is 0.223 e. The number of ether oxygens (including phenoxy) is 1. The average Bonchev–Trinajstić information content (AvgIpc) is 3.16. The van der Waals surface area contributed by atoms with Gasteiger partial charge >= 0.3 is 0 Å². The van der Waals surface area contributed by atoms with Gasteiger partial charge in [-0.15, -0.1) is 0 Å². The second kappa shape index (κ2) is 4.87. The van der Waals surface area contributed by atoms with Gasteiger partial charge in [-0.05, 0) is 43.4 Å². The van der Waals surface area contributed by atoms with Crippen molar-refractivity contribution in [3.8, 4) is 5.75 Å². The van der Waals surface area contributed by atoms with Gasteiger partial charge in [-0.25, -0.2) is 0 Å². The average molecular weight is 259 g/mol. The second-order valence-corrected chi connectivity index (χ2v) is 5.85. The number of nitrogens with one attached hydrogen (secondary N) is 1. The summed E-state index contributed by atoms with van der Waals surface area (Å²) in [6.07, 6.45) is 5.69. The predicted molar refractivity (Wildman–Crippen MR) is 74.3 cm³/mol. The molecule has 3 heteroatoms. The normalized spacial score (nSPS) is 20.5. The van der Waals surface area contributed by atoms with Crippen molar-refractivity contribution in [1.82, 2.24) is 5.32 Å². The third-order valence-electron chi connectivity index (χ3n) is 4.63. The largest absolute Gasteiger partial charge is 0.497 e. The molecule has 1 N–H and O–H groups in total. The van der Waals surface area contributed by atoms with Crippen LogP contribution < -0.4 is 10.1 Å². The zero-order valence-electron chi connectivity index (χ0n) is 11.4. The van der Waals surface area contributed by atoms with Crippen LogP contribution in [0.1, 0.15) is 37.7 Å². The van der Waals surface area contributed by atoms with E-state index in [0.29, 0.717) is 0 Å². The molecule has 2 aliphatic rings. The van der Waals surface area contributed by atoms with Crippen LogP contribution in [0.25, 0.3) is 0 Å². The van der Waals surface area contributed by atoms with Crippen LogP contribution in [-0.4, -0.2) is 19.6 Å². The lowest BCUT2D eigenvalue weighted by Crippen LogP contribution is -2.38. The Bertz CT molecular complexity index is 458. The molecule has 0 heterocycles. The predicted octanol–water partition coefficient (Wildman–Crippen LogP) is 2.64. The summed E-state index contributed by atoms with van der Waals surface area (Å²) in [5.74, 6) is 1.43. The van der Waals surface area contributed by atoms with Crippen molar-refractivity contribution in [2.75, 3.05) is 13.7 Å². The first-order chi connectivity index (χ1) is 9.23. The van der Waals surface area contributed by atoms with Gasteiger partial charge in [-0.2, -0.15) is 0 Å². The molecule has 1 aromatic carbocycles. The van der Waals surface area contributed by atoms with Crippen molar-refractivity contribution in [1.29, 1.82) is 0 Å². The summed E-state index contributed by atoms with van der Waals surface area (Å²) < 4.78 is 5.18. The zero-order chi connectivity index (χ0) is 13.3. The minimum Gasteiger partial charge on any atom is -0.497 e. The summed E-state index contributed by atoms with van der Waals surface area (Å²) >= 11 is 0. The van der Waals surface area contributed by atoms with Gasteiger partial charge in [0.2, 0.25) is 5.91 Å². The molecule has 0 spiro atoms. The Hall–Kier alpha value is -1.51. The van der Waals surface area contributed by atoms with Crippen molar-refractivity contribution in [2.24, 2.45) is 5.92 Å². The molecule has 102 valence electrons. The SMILES string of the molecule is COc1ccc(C2(CNC(=O)C3CCC3)CC2)cc1. The van der Waals surface area contributed by atoms with Gasteiger partial charge < -0.3 is 10.1 Å². The Kier molecular flexibility index (Phi) is 3.21. The molecule has 0 saturated heterocycles. The van der Waals surface area contributed by atoms with Gasteiger partial charge in [-0.3, -0.25) is 4.79 Å². The molecule has 3 rings (SSSR count). The number of hydrogen-bond donors (Lipinski definition) is 1. The second-order valence-electron chi connectivity index (χ2n) is 5.85. The van der Waals surface area contributed by atoms with Crippen molar-refractivity contribution >= 4 is 5.91 Å². The molecule has 2 saturated carbocycles. The maximum atomic E-state index is 11.9. The van der Waals surface area contributed by atoms with E-state index in [-0.39, 0.29) is 17.2 Å². The minimum absolute atomic E-state index is 0.186. The summed E-state index contributed by atoms with van der Waals surface area (Å²) in [7, 11) is 1.68. The van der Waals surface area contributed by atoms with E-state index >= 15 is 0 Å². The van der Waals surface area contributed by atoms with E-state index in [2.05, 4.69) is 17.4 Å². The fourth-order valence-electron chi connectivity index (χ4n) is 2.73. The molecule has 1 aromatic rings. The van der Waals surface area contributed by atoms with Crippen LogP contribution >= 0.6 is 0 Å². The van der Waals surface area contributed by atoms with E-state index in [9.17, 15) is 4.79 Å². The van der Waals surface area contributed by atoms with Crippen LogP contribution in [0.5, 0.6) is 5.75 Å². The number of methoxy groups -OCH3 is 1. The first kappa shape index (κ1) is 12.5. The quantitative estimate of drug-likeness (QED) is 0.882. The fraction of sp³-hybridized carbons (Fsp3) is 0.562. The van der Waals surface area contributed by atoms with Crippen LogP contribution in [0.3, 0.4) is 0 Å². The molecule has 2 fully saturated rings. The maximum absolute atomic E-state index is 11.9. The summed E-state index contributed by atoms with van der Waals surface area (Å²) in [6.45, 7) is 0.786. The third kappa shape index (κ3) is 2.46. The van der Waals surface area contributed by atoms with Crippen LogP contribution in [0.2, 0.25) is 0 Å². The molecule has 19 heavy (non-hydrogen) atoms. The Morgan fingerprint density at radius 1 is 1.32 bits per heavy atom. The summed E-state index contributed by atoms with van der Waals surface area (Å²) in [6, 6.07) is 8.26. The van der Waals surface area contributed by atoms with E-state index in [4.69, 9.17) is 4.74 Å². The molecular formula is C16H21NO2. The zero-order valence-corrected chi connectivity index (χ0v) is 11.4. The van der Waals surface area contributed by atoms with Crippen LogP contribution in [0.4, 0.5) is 0 Å². The summed E-state index contributed by atoms with van der Waals surface area (Å²) in [5, 5.41) is 3.14. The number of hydrogen-bond acceptors (Lipinski definition) is 2. The van der Waals surface area contributed by atoms with Gasteiger partial charge in [0, 0.05) is 17.9 Å². The van der Waals surface area contributed by atoms with E-state index in [1.165, 1.54) is 24.8 Å². The lowest BCUT2D eigenvalue weighted by molar-refractivity contribution is -0.127. The molecule has 0 aliphatic heterocycles. The lowest BCUT2D eigenvalue weighted by atomic mass is 9.84. The minimum atomic E-state index is 0.186. The van der Waals surface area contributed by atoms with Crippen molar-refractivity contribution in [2.45, 2.75) is 37.5 Å². The van der Waals surface area contributed by atoms with E-state index in [0.717, 1.165) is 25.1 Å². The molecule has 2 aliphatic carbocycles. The maximum Gasteiger partial charge on any atom is 0.223 e. The van der Waals surface area contributed by atoms with Crippen molar-refractivity contribution in [3.05, 3.63) is 29.8 Å². The van der Waals surface area contributed by atoms with Crippen LogP contribution in [0, 0.1) is 5.92 Å². The number of carbonyl (C=O) groups is 1. The first-order valence-corrected chi connectivity index (χ1v) is 7.16. The number of carbonyl (C=O) groups excluding carboxylic acids is 1. The van der Waals surface area contributed by atoms with Gasteiger partial charge in [0.1, 0.15) is 5.75 Å². The first-order valence-electron chi connectivity index (χ1n) is 7.16. The van der Waals surface area contributed by atoms with Gasteiger partial charge in [-0.1, -0.05) is 18.6 Å². The Morgan fingerprint density at radius 3 is 2.47 bits per heavy atom. The van der Waals surface area contributed by atoms with Crippen molar-refractivity contribution in [3.63, 3.8) is 0 Å². The van der Waals surface area contributed by atoms with Crippen LogP contribution in [-0.2, 0) is 10.2 Å². The monoisotopic (exact) mass is 259 g/mol. The van der Waals surface area contributed by atoms with Crippen molar-refractivity contribution < 1.29 is 9.53 Å². The third-order valence-corrected chi connectivity index (χ3v) is 4.63. The molecule has 0 aromatic heterocycles. The number of benzene rings is 1. The highest BCUT2D eigenvalue weighted by atomic mass is 16.5. The standard InChI is InChI=1S/C16H21NO2/c1-19-14-7-5-13(6-8-14)16(9-10-16)11-17-15(18)12-3-2-4-12/h5-8,12H,2-4,9-11H2,1H3,(H,17,18). The molecule has 1 amide bonds. The van der Waals surface area contributed by atoms with Gasteiger partial charge in [0.05, 0.1) is 7.11 Å². The number of amides is 1. The molecule has 0 unspecified atom stereocenters. The molecule has 3 nitrogen and oxygen atoms in total. The molecule has 0 bridgehead atoms.